The zero-order valence-electron chi connectivity index (χ0n) is 13.4. The number of hydrogen-bond donors (Lipinski definition) is 1. The molecule has 0 fully saturated rings. The highest BCUT2D eigenvalue weighted by Crippen LogP contribution is 2.23. The molecule has 0 unspecified atom stereocenters. The molecule has 0 aliphatic rings. The number of pyridine rings is 1. The molecule has 0 spiro atoms. The molecule has 0 bridgehead atoms. The number of ether oxygens (including phenoxy) is 1. The van der Waals surface area contributed by atoms with Gasteiger partial charge in [0.05, 0.1) is 15.6 Å². The fourth-order valence-corrected chi connectivity index (χ4v) is 2.44. The summed E-state index contributed by atoms with van der Waals surface area (Å²) in [7, 11) is 0. The van der Waals surface area contributed by atoms with Crippen LogP contribution in [0.1, 0.15) is 10.4 Å². The van der Waals surface area contributed by atoms with Crippen LogP contribution in [0.25, 0.3) is 10.9 Å². The Morgan fingerprint density at radius 1 is 1.12 bits per heavy atom. The van der Waals surface area contributed by atoms with Crippen LogP contribution >= 0.6 is 23.2 Å². The number of para-hydroxylation sites is 1. The summed E-state index contributed by atoms with van der Waals surface area (Å²) in [6.45, 7) is -0.0651. The standard InChI is InChI=1S/C18H13Cl2N3O3/c19-13-7-6-12(9-14(13)20)18(24)26-23-16(21)10-25-15-5-1-3-11-4-2-8-22-17(11)15/h1-9H,10H2,(H2,21,23). The first-order valence-electron chi connectivity index (χ1n) is 7.50. The zero-order chi connectivity index (χ0) is 18.5. The van der Waals surface area contributed by atoms with Crippen LogP contribution in [0.2, 0.25) is 10.0 Å². The Morgan fingerprint density at radius 2 is 1.92 bits per heavy atom. The summed E-state index contributed by atoms with van der Waals surface area (Å²) in [6, 6.07) is 13.6. The van der Waals surface area contributed by atoms with Crippen LogP contribution in [-0.4, -0.2) is 23.4 Å². The van der Waals surface area contributed by atoms with Crippen molar-refractivity contribution in [1.82, 2.24) is 4.98 Å². The van der Waals surface area contributed by atoms with Gasteiger partial charge in [0.1, 0.15) is 17.9 Å². The number of oxime groups is 1. The van der Waals surface area contributed by atoms with Crippen molar-refractivity contribution in [3.8, 4) is 5.75 Å². The number of fused-ring (bicyclic) bond motifs is 1. The fraction of sp³-hybridized carbons (Fsp3) is 0.0556. The molecule has 0 aliphatic heterocycles. The highest BCUT2D eigenvalue weighted by atomic mass is 35.5. The maximum atomic E-state index is 11.9. The third kappa shape index (κ3) is 4.22. The summed E-state index contributed by atoms with van der Waals surface area (Å²) in [5, 5.41) is 5.08. The van der Waals surface area contributed by atoms with Crippen molar-refractivity contribution in [2.24, 2.45) is 10.9 Å². The quantitative estimate of drug-likeness (QED) is 0.307. The number of carbonyl (C=O) groups is 1. The molecule has 2 aromatic carbocycles. The van der Waals surface area contributed by atoms with E-state index in [1.54, 1.807) is 12.3 Å². The molecular weight excluding hydrogens is 377 g/mol. The van der Waals surface area contributed by atoms with Crippen LogP contribution in [0.5, 0.6) is 5.75 Å². The molecule has 26 heavy (non-hydrogen) atoms. The first-order chi connectivity index (χ1) is 12.5. The van der Waals surface area contributed by atoms with E-state index in [0.717, 1.165) is 5.39 Å². The van der Waals surface area contributed by atoms with E-state index in [4.69, 9.17) is 38.5 Å². The minimum absolute atomic E-state index is 0.00801. The number of rotatable bonds is 5. The molecule has 132 valence electrons. The first kappa shape index (κ1) is 18.0. The van der Waals surface area contributed by atoms with Gasteiger partial charge < -0.3 is 15.3 Å². The molecule has 3 rings (SSSR count). The van der Waals surface area contributed by atoms with E-state index >= 15 is 0 Å². The zero-order valence-corrected chi connectivity index (χ0v) is 14.9. The van der Waals surface area contributed by atoms with Gasteiger partial charge in [0.15, 0.2) is 5.84 Å². The third-order valence-electron chi connectivity index (χ3n) is 3.37. The predicted molar refractivity (Wildman–Crippen MR) is 101 cm³/mol. The molecule has 3 aromatic rings. The number of amidine groups is 1. The molecule has 8 heteroatoms. The summed E-state index contributed by atoms with van der Waals surface area (Å²) in [5.41, 5.74) is 6.63. The molecule has 0 atom stereocenters. The lowest BCUT2D eigenvalue weighted by molar-refractivity contribution is 0.0513. The normalized spacial score (nSPS) is 11.4. The van der Waals surface area contributed by atoms with Gasteiger partial charge in [-0.05, 0) is 30.3 Å². The average Bonchev–Trinajstić information content (AvgIpc) is 2.66. The van der Waals surface area contributed by atoms with Gasteiger partial charge in [-0.3, -0.25) is 4.98 Å². The summed E-state index contributed by atoms with van der Waals surface area (Å²) in [4.78, 5) is 21.0. The molecule has 0 radical (unpaired) electrons. The Bertz CT molecular complexity index is 987. The number of carbonyl (C=O) groups excluding carboxylic acids is 1. The molecule has 0 saturated heterocycles. The molecule has 1 aromatic heterocycles. The van der Waals surface area contributed by atoms with Crippen molar-refractivity contribution in [2.75, 3.05) is 6.61 Å². The predicted octanol–water partition coefficient (Wildman–Crippen LogP) is 4.05. The molecule has 0 aliphatic carbocycles. The van der Waals surface area contributed by atoms with Gasteiger partial charge in [0, 0.05) is 11.6 Å². The van der Waals surface area contributed by atoms with Gasteiger partial charge in [-0.25, -0.2) is 4.79 Å². The van der Waals surface area contributed by atoms with E-state index in [2.05, 4.69) is 10.1 Å². The second-order valence-electron chi connectivity index (χ2n) is 5.21. The van der Waals surface area contributed by atoms with Gasteiger partial charge in [0.2, 0.25) is 0 Å². The van der Waals surface area contributed by atoms with Crippen LogP contribution in [0, 0.1) is 0 Å². The summed E-state index contributed by atoms with van der Waals surface area (Å²) < 4.78 is 5.61. The molecule has 1 heterocycles. The van der Waals surface area contributed by atoms with Crippen molar-refractivity contribution in [3.63, 3.8) is 0 Å². The monoisotopic (exact) mass is 389 g/mol. The number of nitrogens with two attached hydrogens (primary N) is 1. The fourth-order valence-electron chi connectivity index (χ4n) is 2.15. The molecule has 6 nitrogen and oxygen atoms in total. The minimum atomic E-state index is -0.710. The first-order valence-corrected chi connectivity index (χ1v) is 8.25. The Morgan fingerprint density at radius 3 is 2.73 bits per heavy atom. The van der Waals surface area contributed by atoms with Crippen molar-refractivity contribution in [2.45, 2.75) is 0 Å². The SMILES string of the molecule is N/C(COc1cccc2cccnc12)=N\OC(=O)c1ccc(Cl)c(Cl)c1. The summed E-state index contributed by atoms with van der Waals surface area (Å²) >= 11 is 11.7. The molecule has 0 amide bonds. The lowest BCUT2D eigenvalue weighted by atomic mass is 10.2. The van der Waals surface area contributed by atoms with Gasteiger partial charge in [-0.1, -0.05) is 46.6 Å². The third-order valence-corrected chi connectivity index (χ3v) is 4.11. The maximum Gasteiger partial charge on any atom is 0.365 e. The Hall–Kier alpha value is -2.83. The average molecular weight is 390 g/mol. The van der Waals surface area contributed by atoms with Crippen LogP contribution in [0.15, 0.2) is 59.9 Å². The van der Waals surface area contributed by atoms with Gasteiger partial charge in [-0.15, -0.1) is 0 Å². The largest absolute Gasteiger partial charge is 0.483 e. The second-order valence-corrected chi connectivity index (χ2v) is 6.02. The summed E-state index contributed by atoms with van der Waals surface area (Å²) in [5.74, 6) is -0.165. The van der Waals surface area contributed by atoms with Crippen LogP contribution in [0.3, 0.4) is 0 Å². The maximum absolute atomic E-state index is 11.9. The van der Waals surface area contributed by atoms with E-state index in [1.165, 1.54) is 18.2 Å². The topological polar surface area (TPSA) is 86.8 Å². The lowest BCUT2D eigenvalue weighted by Gasteiger charge is -2.08. The van der Waals surface area contributed by atoms with Crippen LogP contribution < -0.4 is 10.5 Å². The van der Waals surface area contributed by atoms with E-state index in [1.807, 2.05) is 24.3 Å². The van der Waals surface area contributed by atoms with Crippen LogP contribution in [-0.2, 0) is 4.84 Å². The van der Waals surface area contributed by atoms with Crippen molar-refractivity contribution in [3.05, 3.63) is 70.3 Å². The van der Waals surface area contributed by atoms with Gasteiger partial charge in [0.25, 0.3) is 0 Å². The van der Waals surface area contributed by atoms with Crippen molar-refractivity contribution in [1.29, 1.82) is 0 Å². The Kier molecular flexibility index (Phi) is 5.55. The summed E-state index contributed by atoms with van der Waals surface area (Å²) in [6.07, 6.45) is 1.67. The number of benzene rings is 2. The Labute approximate surface area is 159 Å². The van der Waals surface area contributed by atoms with E-state index in [0.29, 0.717) is 16.3 Å². The minimum Gasteiger partial charge on any atom is -0.483 e. The number of aromatic nitrogens is 1. The van der Waals surface area contributed by atoms with E-state index < -0.39 is 5.97 Å². The Balaban J connectivity index is 1.63. The van der Waals surface area contributed by atoms with Crippen molar-refractivity contribution < 1.29 is 14.4 Å². The number of halogens is 2. The number of hydrogen-bond acceptors (Lipinski definition) is 5. The van der Waals surface area contributed by atoms with Crippen LogP contribution in [0.4, 0.5) is 0 Å². The smallest absolute Gasteiger partial charge is 0.365 e. The van der Waals surface area contributed by atoms with E-state index in [-0.39, 0.29) is 23.0 Å². The second kappa shape index (κ2) is 8.03. The molecule has 0 saturated carbocycles. The highest BCUT2D eigenvalue weighted by Gasteiger charge is 2.10. The van der Waals surface area contributed by atoms with Gasteiger partial charge >= 0.3 is 5.97 Å². The molecular formula is C18H13Cl2N3O3. The van der Waals surface area contributed by atoms with E-state index in [9.17, 15) is 4.79 Å². The highest BCUT2D eigenvalue weighted by molar-refractivity contribution is 6.42. The van der Waals surface area contributed by atoms with Crippen molar-refractivity contribution >= 4 is 45.9 Å². The molecule has 2 N–H and O–H groups in total. The lowest BCUT2D eigenvalue weighted by Crippen LogP contribution is -2.22. The number of nitrogens with zero attached hydrogens (tertiary/aromatic N) is 2. The van der Waals surface area contributed by atoms with Gasteiger partial charge in [-0.2, -0.15) is 0 Å².